The fraction of sp³-hybridized carbons (Fsp3) is 0.682. The Hall–Kier alpha value is -3.62. The van der Waals surface area contributed by atoms with Gasteiger partial charge in [-0.1, -0.05) is 0 Å². The summed E-state index contributed by atoms with van der Waals surface area (Å²) in [7, 11) is 3.42. The number of ether oxygens (including phenoxy) is 4. The summed E-state index contributed by atoms with van der Waals surface area (Å²) in [5, 5.41) is 45.1. The molecule has 0 amide bonds. The lowest BCUT2D eigenvalue weighted by atomic mass is 9.79. The first-order chi connectivity index (χ1) is 27.1. The Labute approximate surface area is 335 Å². The van der Waals surface area contributed by atoms with E-state index in [0.29, 0.717) is 73.2 Å². The minimum Gasteiger partial charge on any atom is -0.506 e. The van der Waals surface area contributed by atoms with Crippen molar-refractivity contribution in [1.82, 2.24) is 9.80 Å². The molecule has 12 nitrogen and oxygen atoms in total. The molecular formula is C44H66N6O6. The average Bonchev–Trinajstić information content (AvgIpc) is 3.22. The Morgan fingerprint density at radius 1 is 0.607 bits per heavy atom. The van der Waals surface area contributed by atoms with Gasteiger partial charge >= 0.3 is 0 Å². The van der Waals surface area contributed by atoms with Crippen LogP contribution >= 0.6 is 0 Å². The van der Waals surface area contributed by atoms with E-state index >= 15 is 0 Å². The summed E-state index contributed by atoms with van der Waals surface area (Å²) in [6.07, 6.45) is 14.1. The fourth-order valence-electron chi connectivity index (χ4n) is 9.00. The summed E-state index contributed by atoms with van der Waals surface area (Å²) in [5.41, 5.74) is 2.98. The van der Waals surface area contributed by atoms with Crippen LogP contribution in [0.2, 0.25) is 0 Å². The summed E-state index contributed by atoms with van der Waals surface area (Å²) in [6, 6.07) is 14.8. The molecule has 0 unspecified atom stereocenters. The maximum absolute atomic E-state index is 10.1. The van der Waals surface area contributed by atoms with Gasteiger partial charge in [-0.15, -0.1) is 0 Å². The van der Waals surface area contributed by atoms with Gasteiger partial charge in [0.2, 0.25) is 0 Å². The lowest BCUT2D eigenvalue weighted by Gasteiger charge is -2.48. The molecule has 0 aromatic heterocycles. The van der Waals surface area contributed by atoms with Crippen LogP contribution in [0.5, 0.6) is 11.5 Å². The van der Waals surface area contributed by atoms with Gasteiger partial charge in [0.15, 0.2) is 0 Å². The van der Waals surface area contributed by atoms with Crippen molar-refractivity contribution in [3.05, 3.63) is 47.5 Å². The van der Waals surface area contributed by atoms with Crippen molar-refractivity contribution in [3.8, 4) is 23.6 Å². The van der Waals surface area contributed by atoms with E-state index < -0.39 is 0 Å². The monoisotopic (exact) mass is 775 g/mol. The van der Waals surface area contributed by atoms with Crippen LogP contribution in [0, 0.1) is 22.7 Å². The predicted molar refractivity (Wildman–Crippen MR) is 219 cm³/mol. The zero-order valence-electron chi connectivity index (χ0n) is 34.2. The highest BCUT2D eigenvalue weighted by Crippen LogP contribution is 2.38. The lowest BCUT2D eigenvalue weighted by Crippen LogP contribution is -2.53. The molecule has 2 aliphatic carbocycles. The van der Waals surface area contributed by atoms with Gasteiger partial charge in [0.25, 0.3) is 0 Å². The fourth-order valence-corrected chi connectivity index (χ4v) is 9.00. The summed E-state index contributed by atoms with van der Waals surface area (Å²) >= 11 is 0. The summed E-state index contributed by atoms with van der Waals surface area (Å²) in [6.45, 7) is 11.7. The Morgan fingerprint density at radius 2 is 0.964 bits per heavy atom. The molecule has 4 N–H and O–H groups in total. The van der Waals surface area contributed by atoms with Gasteiger partial charge in [0.05, 0.1) is 73.3 Å². The van der Waals surface area contributed by atoms with E-state index in [0.717, 1.165) is 77.5 Å². The molecule has 2 heterocycles. The van der Waals surface area contributed by atoms with E-state index in [-0.39, 0.29) is 22.6 Å². The topological polar surface area (TPSA) is 156 Å². The van der Waals surface area contributed by atoms with Crippen LogP contribution in [0.1, 0.15) is 102 Å². The third-order valence-corrected chi connectivity index (χ3v) is 12.8. The Bertz CT molecular complexity index is 1460. The minimum absolute atomic E-state index is 0.209. The molecule has 0 bridgehead atoms. The number of nitriles is 2. The molecule has 2 aliphatic heterocycles. The first kappa shape index (κ1) is 43.5. The molecule has 6 rings (SSSR count). The second-order valence-electron chi connectivity index (χ2n) is 16.6. The zero-order valence-corrected chi connectivity index (χ0v) is 34.2. The van der Waals surface area contributed by atoms with E-state index in [1.807, 2.05) is 0 Å². The van der Waals surface area contributed by atoms with Gasteiger partial charge in [0.1, 0.15) is 11.5 Å². The number of anilines is 2. The second kappa shape index (κ2) is 21.2. The summed E-state index contributed by atoms with van der Waals surface area (Å²) in [5.74, 6) is 0.417. The van der Waals surface area contributed by atoms with Gasteiger partial charge in [-0.25, -0.2) is 0 Å². The first-order valence-corrected chi connectivity index (χ1v) is 20.8. The number of nitrogens with one attached hydrogen (secondary N) is 2. The van der Waals surface area contributed by atoms with Crippen LogP contribution in [0.3, 0.4) is 0 Å². The number of nitrogens with zero attached hydrogens (tertiary/aromatic N) is 4. The van der Waals surface area contributed by atoms with Crippen LogP contribution in [0.25, 0.3) is 0 Å². The van der Waals surface area contributed by atoms with E-state index in [9.17, 15) is 10.2 Å². The van der Waals surface area contributed by atoms with Crippen molar-refractivity contribution >= 4 is 11.4 Å². The van der Waals surface area contributed by atoms with Crippen LogP contribution in [0.15, 0.2) is 36.4 Å². The number of aromatic hydroxyl groups is 2. The van der Waals surface area contributed by atoms with Crippen molar-refractivity contribution < 1.29 is 29.2 Å². The SMILES string of the molecule is COCCOC1CCC(C)(N2CCC(Nc3cc(C#N)ccc3O)CC2)CC1.COCCOC1CCC(C)(N2CCC(Nc3cc(C#N)ccc3O)CC2)CC1. The second-order valence-corrected chi connectivity index (χ2v) is 16.6. The number of rotatable bonds is 14. The first-order valence-electron chi connectivity index (χ1n) is 20.8. The van der Waals surface area contributed by atoms with E-state index in [4.69, 9.17) is 29.5 Å². The molecule has 2 aromatic rings. The molecule has 308 valence electrons. The highest BCUT2D eigenvalue weighted by Gasteiger charge is 2.39. The predicted octanol–water partition coefficient (Wildman–Crippen LogP) is 7.01. The number of hydrogen-bond acceptors (Lipinski definition) is 12. The molecule has 0 spiro atoms. The lowest BCUT2D eigenvalue weighted by molar-refractivity contribution is -0.0398. The maximum atomic E-state index is 10.1. The Balaban J connectivity index is 0.000000214. The molecule has 56 heavy (non-hydrogen) atoms. The van der Waals surface area contributed by atoms with Crippen molar-refractivity contribution in [2.45, 2.75) is 126 Å². The van der Waals surface area contributed by atoms with Crippen molar-refractivity contribution in [2.75, 3.05) is 77.5 Å². The molecular weight excluding hydrogens is 709 g/mol. The highest BCUT2D eigenvalue weighted by atomic mass is 16.5. The molecule has 0 atom stereocenters. The molecule has 12 heteroatoms. The standard InChI is InChI=1S/2C22H33N3O3/c2*1-22(9-5-19(6-10-22)28-14-13-27-2)25-11-7-18(8-12-25)24-20-15-17(16-23)3-4-21(20)26/h2*3-4,15,18-19,24,26H,5-14H2,1-2H3. The van der Waals surface area contributed by atoms with Gasteiger partial charge in [-0.2, -0.15) is 10.5 Å². The highest BCUT2D eigenvalue weighted by molar-refractivity contribution is 5.60. The molecule has 4 fully saturated rings. The third kappa shape index (κ3) is 12.2. The van der Waals surface area contributed by atoms with Crippen LogP contribution in [-0.2, 0) is 18.9 Å². The van der Waals surface area contributed by atoms with Gasteiger partial charge < -0.3 is 39.8 Å². The van der Waals surface area contributed by atoms with E-state index in [1.165, 1.54) is 25.7 Å². The van der Waals surface area contributed by atoms with E-state index in [1.54, 1.807) is 50.6 Å². The summed E-state index contributed by atoms with van der Waals surface area (Å²) < 4.78 is 22.0. The van der Waals surface area contributed by atoms with Gasteiger partial charge in [-0.3, -0.25) is 9.80 Å². The number of hydrogen-bond donors (Lipinski definition) is 4. The van der Waals surface area contributed by atoms with Gasteiger partial charge in [0, 0.05) is 63.6 Å². The number of phenolic OH excluding ortho intramolecular Hbond substituents is 2. The van der Waals surface area contributed by atoms with Crippen molar-refractivity contribution in [3.63, 3.8) is 0 Å². The molecule has 2 saturated heterocycles. The average molecular weight is 775 g/mol. The minimum atomic E-state index is 0.209. The molecule has 4 aliphatic rings. The van der Waals surface area contributed by atoms with Crippen molar-refractivity contribution in [2.24, 2.45) is 0 Å². The quantitative estimate of drug-likeness (QED) is 0.115. The number of likely N-dealkylation sites (tertiary alicyclic amines) is 2. The maximum Gasteiger partial charge on any atom is 0.138 e. The smallest absolute Gasteiger partial charge is 0.138 e. The third-order valence-electron chi connectivity index (χ3n) is 12.8. The van der Waals surface area contributed by atoms with Crippen LogP contribution in [0.4, 0.5) is 11.4 Å². The van der Waals surface area contributed by atoms with Crippen molar-refractivity contribution in [1.29, 1.82) is 10.5 Å². The van der Waals surface area contributed by atoms with E-state index in [2.05, 4.69) is 46.4 Å². The Morgan fingerprint density at radius 3 is 1.29 bits per heavy atom. The van der Waals surface area contributed by atoms with Crippen LogP contribution < -0.4 is 10.6 Å². The van der Waals surface area contributed by atoms with Crippen LogP contribution in [-0.4, -0.2) is 122 Å². The summed E-state index contributed by atoms with van der Waals surface area (Å²) in [4.78, 5) is 5.28. The molecule has 0 radical (unpaired) electrons. The number of methoxy groups -OCH3 is 2. The largest absolute Gasteiger partial charge is 0.506 e. The molecule has 2 aromatic carbocycles. The normalized spacial score (nSPS) is 26.7. The Kier molecular flexibility index (Phi) is 16.5. The van der Waals surface area contributed by atoms with Gasteiger partial charge in [-0.05, 0) is 127 Å². The zero-order chi connectivity index (χ0) is 40.0. The number of phenols is 2. The number of piperidine rings is 2. The molecule has 2 saturated carbocycles. The number of benzene rings is 2.